The number of hydrogen-bond acceptors (Lipinski definition) is 4. The predicted octanol–water partition coefficient (Wildman–Crippen LogP) is 4.34. The van der Waals surface area contributed by atoms with E-state index in [-0.39, 0.29) is 0 Å². The van der Waals surface area contributed by atoms with Crippen molar-refractivity contribution in [2.45, 2.75) is 33.1 Å². The number of nitrogens with zero attached hydrogens (tertiary/aromatic N) is 2. The van der Waals surface area contributed by atoms with Gasteiger partial charge < -0.3 is 0 Å². The summed E-state index contributed by atoms with van der Waals surface area (Å²) in [7, 11) is 0. The number of carbonyl (C=O) groups excluding carboxylic acids is 2. The number of benzene rings is 2. The zero-order chi connectivity index (χ0) is 16.7. The van der Waals surface area contributed by atoms with Gasteiger partial charge in [0, 0.05) is 0 Å². The highest BCUT2D eigenvalue weighted by molar-refractivity contribution is 5.58. The fraction of sp³-hybridized carbons (Fsp3) is 0.263. The van der Waals surface area contributed by atoms with Crippen LogP contribution in [0.2, 0.25) is 0 Å². The van der Waals surface area contributed by atoms with E-state index in [0.717, 1.165) is 35.1 Å². The van der Waals surface area contributed by atoms with Gasteiger partial charge in [-0.3, -0.25) is 0 Å². The largest absolute Gasteiger partial charge is 0.240 e. The van der Waals surface area contributed by atoms with Crippen molar-refractivity contribution in [1.82, 2.24) is 0 Å². The van der Waals surface area contributed by atoms with Crippen molar-refractivity contribution < 1.29 is 9.59 Å². The Morgan fingerprint density at radius 1 is 0.826 bits per heavy atom. The van der Waals surface area contributed by atoms with E-state index in [4.69, 9.17) is 0 Å². The summed E-state index contributed by atoms with van der Waals surface area (Å²) in [6, 6.07) is 11.6. The number of isocyanates is 2. The van der Waals surface area contributed by atoms with Crippen LogP contribution in [0.25, 0.3) is 0 Å². The number of aliphatic imine (C=N–C) groups is 2. The average Bonchev–Trinajstić information content (AvgIpc) is 2.58. The summed E-state index contributed by atoms with van der Waals surface area (Å²) in [5.41, 5.74) is 5.62. The van der Waals surface area contributed by atoms with Crippen LogP contribution < -0.4 is 0 Å². The molecule has 0 N–H and O–H groups in total. The van der Waals surface area contributed by atoms with E-state index in [2.05, 4.69) is 29.9 Å². The van der Waals surface area contributed by atoms with Gasteiger partial charge in [-0.05, 0) is 59.7 Å². The summed E-state index contributed by atoms with van der Waals surface area (Å²) in [5.74, 6) is 0. The fourth-order valence-corrected chi connectivity index (χ4v) is 2.57. The third kappa shape index (κ3) is 4.10. The van der Waals surface area contributed by atoms with Crippen LogP contribution in [0.3, 0.4) is 0 Å². The molecule has 116 valence electrons. The summed E-state index contributed by atoms with van der Waals surface area (Å²) < 4.78 is 0. The Morgan fingerprint density at radius 3 is 2.22 bits per heavy atom. The Kier molecular flexibility index (Phi) is 5.76. The topological polar surface area (TPSA) is 58.9 Å². The Bertz CT molecular complexity index is 799. The van der Waals surface area contributed by atoms with Crippen LogP contribution >= 0.6 is 0 Å². The Balaban J connectivity index is 2.42. The summed E-state index contributed by atoms with van der Waals surface area (Å²) in [4.78, 5) is 28.6. The Labute approximate surface area is 135 Å². The Morgan fingerprint density at radius 2 is 1.57 bits per heavy atom. The molecule has 0 saturated carbocycles. The van der Waals surface area contributed by atoms with Crippen LogP contribution in [0.1, 0.15) is 36.1 Å². The van der Waals surface area contributed by atoms with Crippen LogP contribution in [0.15, 0.2) is 46.4 Å². The molecular weight excluding hydrogens is 288 g/mol. The van der Waals surface area contributed by atoms with Gasteiger partial charge in [-0.1, -0.05) is 32.0 Å². The van der Waals surface area contributed by atoms with E-state index in [1.807, 2.05) is 24.3 Å². The molecule has 0 aliphatic rings. The smallest absolute Gasteiger partial charge is 0.211 e. The van der Waals surface area contributed by atoms with Crippen LogP contribution in [-0.2, 0) is 28.9 Å². The minimum atomic E-state index is 0.605. The van der Waals surface area contributed by atoms with E-state index >= 15 is 0 Å². The highest BCUT2D eigenvalue weighted by Crippen LogP contribution is 2.27. The number of rotatable bonds is 6. The molecule has 0 heterocycles. The van der Waals surface area contributed by atoms with Gasteiger partial charge in [0.05, 0.1) is 11.4 Å². The lowest BCUT2D eigenvalue weighted by atomic mass is 9.96. The molecule has 0 unspecified atom stereocenters. The summed E-state index contributed by atoms with van der Waals surface area (Å²) in [6.07, 6.45) is 5.58. The molecule has 0 saturated heterocycles. The number of aryl methyl sites for hydroxylation is 2. The molecule has 0 aromatic heterocycles. The highest BCUT2D eigenvalue weighted by Gasteiger charge is 2.08. The van der Waals surface area contributed by atoms with Crippen LogP contribution in [0.4, 0.5) is 11.4 Å². The van der Waals surface area contributed by atoms with E-state index < -0.39 is 0 Å². The zero-order valence-corrected chi connectivity index (χ0v) is 13.3. The first-order valence-electron chi connectivity index (χ1n) is 7.61. The summed E-state index contributed by atoms with van der Waals surface area (Å²) >= 11 is 0. The second-order valence-corrected chi connectivity index (χ2v) is 5.21. The molecule has 0 aliphatic heterocycles. The lowest BCUT2D eigenvalue weighted by Gasteiger charge is -2.11. The molecule has 2 aromatic rings. The van der Waals surface area contributed by atoms with Crippen molar-refractivity contribution >= 4 is 23.5 Å². The molecule has 0 bridgehead atoms. The molecule has 0 spiro atoms. The van der Waals surface area contributed by atoms with Gasteiger partial charge in [0.1, 0.15) is 0 Å². The number of hydrogen-bond donors (Lipinski definition) is 0. The molecule has 2 rings (SSSR count). The van der Waals surface area contributed by atoms with Crippen molar-refractivity contribution in [3.63, 3.8) is 0 Å². The van der Waals surface area contributed by atoms with Gasteiger partial charge in [-0.25, -0.2) is 9.59 Å². The van der Waals surface area contributed by atoms with E-state index in [9.17, 15) is 9.59 Å². The second kappa shape index (κ2) is 8.00. The first kappa shape index (κ1) is 16.6. The molecule has 0 fully saturated rings. The maximum Gasteiger partial charge on any atom is 0.240 e. The minimum Gasteiger partial charge on any atom is -0.211 e. The quantitative estimate of drug-likeness (QED) is 0.589. The highest BCUT2D eigenvalue weighted by atomic mass is 16.1. The first-order chi connectivity index (χ1) is 11.2. The molecule has 23 heavy (non-hydrogen) atoms. The van der Waals surface area contributed by atoms with Crippen molar-refractivity contribution in [3.8, 4) is 0 Å². The SMILES string of the molecule is CCc1ccc(Cc2ccc(N=C=O)cc2CC)c(N=C=O)c1. The van der Waals surface area contributed by atoms with Gasteiger partial charge in [0.2, 0.25) is 12.2 Å². The second-order valence-electron chi connectivity index (χ2n) is 5.21. The summed E-state index contributed by atoms with van der Waals surface area (Å²) in [6.45, 7) is 4.11. The van der Waals surface area contributed by atoms with Crippen molar-refractivity contribution in [3.05, 3.63) is 58.7 Å². The van der Waals surface area contributed by atoms with Gasteiger partial charge in [-0.2, -0.15) is 9.98 Å². The summed E-state index contributed by atoms with van der Waals surface area (Å²) in [5, 5.41) is 0. The average molecular weight is 306 g/mol. The lowest BCUT2D eigenvalue weighted by Crippen LogP contribution is -1.96. The maximum atomic E-state index is 10.7. The van der Waals surface area contributed by atoms with E-state index in [0.29, 0.717) is 17.8 Å². The molecule has 4 heteroatoms. The normalized spacial score (nSPS) is 9.83. The molecular formula is C19H18N2O2. The molecule has 0 radical (unpaired) electrons. The van der Waals surface area contributed by atoms with Gasteiger partial charge in [-0.15, -0.1) is 0 Å². The van der Waals surface area contributed by atoms with Crippen molar-refractivity contribution in [2.75, 3.05) is 0 Å². The van der Waals surface area contributed by atoms with Gasteiger partial charge in [0.25, 0.3) is 0 Å². The predicted molar refractivity (Wildman–Crippen MR) is 90.0 cm³/mol. The first-order valence-corrected chi connectivity index (χ1v) is 7.61. The van der Waals surface area contributed by atoms with Gasteiger partial charge >= 0.3 is 0 Å². The molecule has 4 nitrogen and oxygen atoms in total. The van der Waals surface area contributed by atoms with Crippen molar-refractivity contribution in [2.24, 2.45) is 9.98 Å². The lowest BCUT2D eigenvalue weighted by molar-refractivity contribution is 0.564. The fourth-order valence-electron chi connectivity index (χ4n) is 2.57. The third-order valence-electron chi connectivity index (χ3n) is 3.85. The van der Waals surface area contributed by atoms with Crippen LogP contribution in [-0.4, -0.2) is 12.2 Å². The standard InChI is InChI=1S/C19H18N2O2/c1-3-14-5-6-17(19(9-14)21-13-23)10-16-7-8-18(20-12-22)11-15(16)4-2/h5-9,11H,3-4,10H2,1-2H3. The van der Waals surface area contributed by atoms with E-state index in [1.54, 1.807) is 18.2 Å². The monoisotopic (exact) mass is 306 g/mol. The molecule has 0 atom stereocenters. The molecule has 2 aromatic carbocycles. The zero-order valence-electron chi connectivity index (χ0n) is 13.3. The third-order valence-corrected chi connectivity index (χ3v) is 3.85. The molecule has 0 aliphatic carbocycles. The maximum absolute atomic E-state index is 10.7. The van der Waals surface area contributed by atoms with Gasteiger partial charge in [0.15, 0.2) is 0 Å². The van der Waals surface area contributed by atoms with Crippen molar-refractivity contribution in [1.29, 1.82) is 0 Å². The Hall–Kier alpha value is -2.80. The molecule has 0 amide bonds. The van der Waals surface area contributed by atoms with E-state index in [1.165, 1.54) is 0 Å². The van der Waals surface area contributed by atoms with Crippen LogP contribution in [0, 0.1) is 0 Å². The van der Waals surface area contributed by atoms with Crippen LogP contribution in [0.5, 0.6) is 0 Å². The minimum absolute atomic E-state index is 0.605.